The zero-order chi connectivity index (χ0) is 13.9. The third kappa shape index (κ3) is 3.49. The molecular weight excluding hydrogens is 290 g/mol. The molecule has 0 aliphatic heterocycles. The zero-order valence-electron chi connectivity index (χ0n) is 9.45. The Morgan fingerprint density at radius 2 is 1.84 bits per heavy atom. The number of carbonyl (C=O) groups excluding carboxylic acids is 1. The Bertz CT molecular complexity index is 687. The van der Waals surface area contributed by atoms with E-state index >= 15 is 0 Å². The quantitative estimate of drug-likeness (QED) is 0.870. The van der Waals surface area contributed by atoms with Gasteiger partial charge in [-0.25, -0.2) is 13.4 Å². The predicted molar refractivity (Wildman–Crippen MR) is 69.5 cm³/mol. The molecule has 8 heteroatoms. The summed E-state index contributed by atoms with van der Waals surface area (Å²) in [5.41, 5.74) is 0.801. The van der Waals surface area contributed by atoms with Crippen molar-refractivity contribution in [2.24, 2.45) is 0 Å². The summed E-state index contributed by atoms with van der Waals surface area (Å²) < 4.78 is 22.0. The predicted octanol–water partition coefficient (Wildman–Crippen LogP) is 1.66. The van der Waals surface area contributed by atoms with Gasteiger partial charge in [0.05, 0.1) is 11.9 Å². The summed E-state index contributed by atoms with van der Waals surface area (Å²) in [4.78, 5) is 19.2. The SMILES string of the molecule is O=C(Nc1ccc(S(=O)(=O)Cl)nc1)c1ccncc1. The molecule has 19 heavy (non-hydrogen) atoms. The average Bonchev–Trinajstić information content (AvgIpc) is 2.39. The summed E-state index contributed by atoms with van der Waals surface area (Å²) in [6.45, 7) is 0. The molecule has 0 unspecified atom stereocenters. The van der Waals surface area contributed by atoms with E-state index in [4.69, 9.17) is 10.7 Å². The molecule has 2 rings (SSSR count). The van der Waals surface area contributed by atoms with E-state index in [9.17, 15) is 13.2 Å². The van der Waals surface area contributed by atoms with Gasteiger partial charge in [-0.1, -0.05) is 0 Å². The average molecular weight is 298 g/mol. The molecule has 6 nitrogen and oxygen atoms in total. The second kappa shape index (κ2) is 5.33. The van der Waals surface area contributed by atoms with Crippen LogP contribution in [0.15, 0.2) is 47.9 Å². The molecule has 0 atom stereocenters. The summed E-state index contributed by atoms with van der Waals surface area (Å²) in [5.74, 6) is -0.342. The maximum absolute atomic E-state index is 11.8. The second-order valence-electron chi connectivity index (χ2n) is 3.51. The number of anilines is 1. The topological polar surface area (TPSA) is 89.0 Å². The van der Waals surface area contributed by atoms with Crippen molar-refractivity contribution in [2.75, 3.05) is 5.32 Å². The first-order chi connectivity index (χ1) is 8.97. The number of aromatic nitrogens is 2. The largest absolute Gasteiger partial charge is 0.321 e. The van der Waals surface area contributed by atoms with Crippen LogP contribution in [0.2, 0.25) is 0 Å². The van der Waals surface area contributed by atoms with Crippen LogP contribution in [-0.2, 0) is 9.05 Å². The van der Waals surface area contributed by atoms with Gasteiger partial charge < -0.3 is 5.32 Å². The molecule has 0 aliphatic carbocycles. The van der Waals surface area contributed by atoms with E-state index in [1.165, 1.54) is 30.7 Å². The number of pyridine rings is 2. The van der Waals surface area contributed by atoms with Crippen molar-refractivity contribution in [2.45, 2.75) is 5.03 Å². The first-order valence-corrected chi connectivity index (χ1v) is 7.40. The lowest BCUT2D eigenvalue weighted by Gasteiger charge is -2.04. The molecule has 0 saturated carbocycles. The highest BCUT2D eigenvalue weighted by molar-refractivity contribution is 8.13. The van der Waals surface area contributed by atoms with Crippen LogP contribution in [0, 0.1) is 0 Å². The fourth-order valence-corrected chi connectivity index (χ4v) is 1.99. The molecule has 0 fully saturated rings. The Kier molecular flexibility index (Phi) is 3.77. The summed E-state index contributed by atoms with van der Waals surface area (Å²) in [5, 5.41) is 2.30. The van der Waals surface area contributed by atoms with E-state index < -0.39 is 9.05 Å². The number of amides is 1. The smallest absolute Gasteiger partial charge is 0.278 e. The molecule has 0 saturated heterocycles. The Morgan fingerprint density at radius 3 is 2.37 bits per heavy atom. The minimum absolute atomic E-state index is 0.268. The molecule has 0 aliphatic rings. The Labute approximate surface area is 113 Å². The van der Waals surface area contributed by atoms with Gasteiger partial charge >= 0.3 is 0 Å². The lowest BCUT2D eigenvalue weighted by molar-refractivity contribution is 0.102. The Morgan fingerprint density at radius 1 is 1.16 bits per heavy atom. The van der Waals surface area contributed by atoms with Crippen LogP contribution in [0.3, 0.4) is 0 Å². The van der Waals surface area contributed by atoms with Crippen LogP contribution in [0.5, 0.6) is 0 Å². The Balaban J connectivity index is 2.15. The van der Waals surface area contributed by atoms with Gasteiger partial charge in [-0.05, 0) is 24.3 Å². The molecule has 2 heterocycles. The number of hydrogen-bond donors (Lipinski definition) is 1. The van der Waals surface area contributed by atoms with Crippen molar-refractivity contribution in [1.82, 2.24) is 9.97 Å². The standard InChI is InChI=1S/C11H8ClN3O3S/c12-19(17,18)10-2-1-9(7-14-10)15-11(16)8-3-5-13-6-4-8/h1-7H,(H,15,16). The molecule has 98 valence electrons. The van der Waals surface area contributed by atoms with Gasteiger partial charge in [-0.3, -0.25) is 9.78 Å². The first kappa shape index (κ1) is 13.4. The van der Waals surface area contributed by atoms with Crippen molar-refractivity contribution in [3.8, 4) is 0 Å². The lowest BCUT2D eigenvalue weighted by Crippen LogP contribution is -2.12. The van der Waals surface area contributed by atoms with Crippen molar-refractivity contribution in [3.05, 3.63) is 48.4 Å². The number of rotatable bonds is 3. The van der Waals surface area contributed by atoms with Crippen molar-refractivity contribution in [3.63, 3.8) is 0 Å². The van der Waals surface area contributed by atoms with Gasteiger partial charge in [0.25, 0.3) is 15.0 Å². The molecule has 0 radical (unpaired) electrons. The van der Waals surface area contributed by atoms with E-state index in [1.54, 1.807) is 12.1 Å². The van der Waals surface area contributed by atoms with Crippen LogP contribution >= 0.6 is 10.7 Å². The first-order valence-electron chi connectivity index (χ1n) is 5.09. The molecule has 2 aromatic heterocycles. The molecule has 0 spiro atoms. The maximum Gasteiger partial charge on any atom is 0.278 e. The van der Waals surface area contributed by atoms with Crippen molar-refractivity contribution < 1.29 is 13.2 Å². The number of nitrogens with one attached hydrogen (secondary N) is 1. The molecule has 0 bridgehead atoms. The third-order valence-corrected chi connectivity index (χ3v) is 3.40. The number of nitrogens with zero attached hydrogens (tertiary/aromatic N) is 2. The summed E-state index contributed by atoms with van der Waals surface area (Å²) in [7, 11) is 1.27. The van der Waals surface area contributed by atoms with E-state index in [-0.39, 0.29) is 10.9 Å². The van der Waals surface area contributed by atoms with Gasteiger partial charge in [0.15, 0.2) is 5.03 Å². The fraction of sp³-hybridized carbons (Fsp3) is 0. The van der Waals surface area contributed by atoms with E-state index in [1.807, 2.05) is 0 Å². The number of carbonyl (C=O) groups is 1. The van der Waals surface area contributed by atoms with E-state index in [2.05, 4.69) is 15.3 Å². The van der Waals surface area contributed by atoms with Gasteiger partial charge in [-0.2, -0.15) is 0 Å². The van der Waals surface area contributed by atoms with Crippen molar-refractivity contribution >= 4 is 31.3 Å². The zero-order valence-corrected chi connectivity index (χ0v) is 11.0. The van der Waals surface area contributed by atoms with Crippen LogP contribution < -0.4 is 5.32 Å². The Hall–Kier alpha value is -1.99. The minimum atomic E-state index is -3.86. The van der Waals surface area contributed by atoms with Crippen LogP contribution in [0.1, 0.15) is 10.4 Å². The summed E-state index contributed by atoms with van der Waals surface area (Å²) in [6, 6.07) is 5.73. The van der Waals surface area contributed by atoms with Gasteiger partial charge in [-0.15, -0.1) is 0 Å². The van der Waals surface area contributed by atoms with Gasteiger partial charge in [0.2, 0.25) is 0 Å². The van der Waals surface area contributed by atoms with E-state index in [0.29, 0.717) is 11.3 Å². The summed E-state index contributed by atoms with van der Waals surface area (Å²) in [6.07, 6.45) is 4.21. The number of hydrogen-bond acceptors (Lipinski definition) is 5. The maximum atomic E-state index is 11.8. The van der Waals surface area contributed by atoms with Crippen LogP contribution in [-0.4, -0.2) is 24.3 Å². The highest BCUT2D eigenvalue weighted by Crippen LogP contribution is 2.14. The number of halogens is 1. The highest BCUT2D eigenvalue weighted by Gasteiger charge is 2.12. The second-order valence-corrected chi connectivity index (χ2v) is 6.03. The normalized spacial score (nSPS) is 11.0. The third-order valence-electron chi connectivity index (χ3n) is 2.19. The highest BCUT2D eigenvalue weighted by atomic mass is 35.7. The monoisotopic (exact) mass is 297 g/mol. The minimum Gasteiger partial charge on any atom is -0.321 e. The molecule has 1 N–H and O–H groups in total. The van der Waals surface area contributed by atoms with E-state index in [0.717, 1.165) is 0 Å². The molecular formula is C11H8ClN3O3S. The van der Waals surface area contributed by atoms with Crippen molar-refractivity contribution in [1.29, 1.82) is 0 Å². The van der Waals surface area contributed by atoms with Gasteiger partial charge in [0.1, 0.15) is 0 Å². The van der Waals surface area contributed by atoms with Gasteiger partial charge in [0, 0.05) is 28.6 Å². The van der Waals surface area contributed by atoms with Crippen LogP contribution in [0.4, 0.5) is 5.69 Å². The van der Waals surface area contributed by atoms with Crippen LogP contribution in [0.25, 0.3) is 0 Å². The molecule has 0 aromatic carbocycles. The molecule has 2 aromatic rings. The fourth-order valence-electron chi connectivity index (χ4n) is 1.31. The molecule has 1 amide bonds. The lowest BCUT2D eigenvalue weighted by atomic mass is 10.2. The summed E-state index contributed by atoms with van der Waals surface area (Å²) >= 11 is 0.